The molecule has 0 aromatic heterocycles. The van der Waals surface area contributed by atoms with Crippen molar-refractivity contribution in [2.45, 2.75) is 0 Å². The quantitative estimate of drug-likeness (QED) is 0.627. The van der Waals surface area contributed by atoms with Crippen molar-refractivity contribution in [3.05, 3.63) is 35.7 Å². The van der Waals surface area contributed by atoms with Crippen LogP contribution >= 0.6 is 0 Å². The highest BCUT2D eigenvalue weighted by Gasteiger charge is 2.10. The largest absolute Gasteiger partial charge is 0.378 e. The van der Waals surface area contributed by atoms with Gasteiger partial charge in [0.1, 0.15) is 0 Å². The van der Waals surface area contributed by atoms with E-state index in [0.29, 0.717) is 5.69 Å². The van der Waals surface area contributed by atoms with Crippen molar-refractivity contribution in [3.8, 4) is 0 Å². The van der Waals surface area contributed by atoms with Crippen molar-refractivity contribution in [2.75, 3.05) is 31.2 Å². The SMILES string of the molecule is [C-]#[N+]c1cccc(N2CCOCC2)c1. The van der Waals surface area contributed by atoms with Crippen molar-refractivity contribution < 1.29 is 4.74 Å². The van der Waals surface area contributed by atoms with Gasteiger partial charge in [-0.25, -0.2) is 4.85 Å². The van der Waals surface area contributed by atoms with Crippen LogP contribution in [-0.2, 0) is 4.74 Å². The Balaban J connectivity index is 2.18. The van der Waals surface area contributed by atoms with Crippen LogP contribution in [0.5, 0.6) is 0 Å². The summed E-state index contributed by atoms with van der Waals surface area (Å²) in [5, 5.41) is 0. The molecule has 2 rings (SSSR count). The van der Waals surface area contributed by atoms with Gasteiger partial charge in [0.05, 0.1) is 19.8 Å². The van der Waals surface area contributed by atoms with Gasteiger partial charge in [-0.2, -0.15) is 0 Å². The Morgan fingerprint density at radius 1 is 1.29 bits per heavy atom. The van der Waals surface area contributed by atoms with E-state index in [1.54, 1.807) is 0 Å². The lowest BCUT2D eigenvalue weighted by atomic mass is 10.2. The molecule has 3 heteroatoms. The van der Waals surface area contributed by atoms with Crippen LogP contribution in [0, 0.1) is 6.57 Å². The number of nitrogens with zero attached hydrogens (tertiary/aromatic N) is 2. The minimum Gasteiger partial charge on any atom is -0.378 e. The predicted octanol–water partition coefficient (Wildman–Crippen LogP) is 2.07. The molecule has 1 aliphatic heterocycles. The lowest BCUT2D eigenvalue weighted by Crippen LogP contribution is -2.36. The first-order valence-corrected chi connectivity index (χ1v) is 4.70. The molecule has 1 aromatic carbocycles. The lowest BCUT2D eigenvalue weighted by Gasteiger charge is -2.29. The van der Waals surface area contributed by atoms with Crippen molar-refractivity contribution in [1.29, 1.82) is 0 Å². The van der Waals surface area contributed by atoms with E-state index in [9.17, 15) is 0 Å². The van der Waals surface area contributed by atoms with Gasteiger partial charge in [-0.3, -0.25) is 0 Å². The predicted molar refractivity (Wildman–Crippen MR) is 55.7 cm³/mol. The molecule has 0 atom stereocenters. The van der Waals surface area contributed by atoms with E-state index in [-0.39, 0.29) is 0 Å². The molecule has 0 bridgehead atoms. The molecule has 0 unspecified atom stereocenters. The summed E-state index contributed by atoms with van der Waals surface area (Å²) < 4.78 is 5.28. The lowest BCUT2D eigenvalue weighted by molar-refractivity contribution is 0.122. The molecule has 14 heavy (non-hydrogen) atoms. The standard InChI is InChI=1S/C11H12N2O/c1-12-10-3-2-4-11(9-10)13-5-7-14-8-6-13/h2-4,9H,5-8H2. The van der Waals surface area contributed by atoms with Gasteiger partial charge in [0, 0.05) is 18.8 Å². The van der Waals surface area contributed by atoms with Crippen LogP contribution in [0.15, 0.2) is 24.3 Å². The zero-order valence-corrected chi connectivity index (χ0v) is 7.94. The molecule has 1 saturated heterocycles. The van der Waals surface area contributed by atoms with E-state index in [1.807, 2.05) is 24.3 Å². The highest BCUT2D eigenvalue weighted by molar-refractivity contribution is 5.58. The molecule has 0 aliphatic carbocycles. The average Bonchev–Trinajstić information content (AvgIpc) is 2.30. The maximum Gasteiger partial charge on any atom is 0.189 e. The van der Waals surface area contributed by atoms with Gasteiger partial charge in [-0.05, 0) is 12.1 Å². The summed E-state index contributed by atoms with van der Waals surface area (Å²) in [5.41, 5.74) is 1.83. The van der Waals surface area contributed by atoms with Gasteiger partial charge < -0.3 is 9.64 Å². The minimum atomic E-state index is 0.703. The Labute approximate surface area is 83.7 Å². The van der Waals surface area contributed by atoms with Crippen LogP contribution in [0.2, 0.25) is 0 Å². The molecule has 1 aliphatic rings. The summed E-state index contributed by atoms with van der Waals surface area (Å²) in [7, 11) is 0. The van der Waals surface area contributed by atoms with Crippen LogP contribution in [0.25, 0.3) is 4.85 Å². The number of anilines is 1. The summed E-state index contributed by atoms with van der Waals surface area (Å²) in [6.07, 6.45) is 0. The van der Waals surface area contributed by atoms with Crippen LogP contribution in [0.1, 0.15) is 0 Å². The number of hydrogen-bond donors (Lipinski definition) is 0. The fourth-order valence-corrected chi connectivity index (χ4v) is 1.58. The number of morpholine rings is 1. The monoisotopic (exact) mass is 188 g/mol. The second-order valence-electron chi connectivity index (χ2n) is 3.23. The molecule has 1 fully saturated rings. The topological polar surface area (TPSA) is 16.8 Å². The van der Waals surface area contributed by atoms with Crippen molar-refractivity contribution in [2.24, 2.45) is 0 Å². The average molecular weight is 188 g/mol. The summed E-state index contributed by atoms with van der Waals surface area (Å²) in [6.45, 7) is 10.3. The smallest absolute Gasteiger partial charge is 0.189 e. The molecule has 72 valence electrons. The fourth-order valence-electron chi connectivity index (χ4n) is 1.58. The van der Waals surface area contributed by atoms with E-state index >= 15 is 0 Å². The van der Waals surface area contributed by atoms with Crippen molar-refractivity contribution in [1.82, 2.24) is 0 Å². The fraction of sp³-hybridized carbons (Fsp3) is 0.364. The third-order valence-electron chi connectivity index (χ3n) is 2.34. The van der Waals surface area contributed by atoms with E-state index in [1.165, 1.54) is 0 Å². The molecule has 0 spiro atoms. The Kier molecular flexibility index (Phi) is 2.66. The first-order chi connectivity index (χ1) is 6.90. The van der Waals surface area contributed by atoms with E-state index in [2.05, 4.69) is 9.74 Å². The first kappa shape index (κ1) is 9.04. The maximum atomic E-state index is 6.94. The molecule has 0 amide bonds. The zero-order valence-electron chi connectivity index (χ0n) is 7.94. The minimum absolute atomic E-state index is 0.703. The number of benzene rings is 1. The van der Waals surface area contributed by atoms with Crippen molar-refractivity contribution in [3.63, 3.8) is 0 Å². The Morgan fingerprint density at radius 3 is 2.79 bits per heavy atom. The maximum absolute atomic E-state index is 6.94. The molecule has 0 saturated carbocycles. The number of hydrogen-bond acceptors (Lipinski definition) is 2. The molecule has 0 N–H and O–H groups in total. The number of ether oxygens (including phenoxy) is 1. The van der Waals surface area contributed by atoms with Crippen LogP contribution in [0.3, 0.4) is 0 Å². The van der Waals surface area contributed by atoms with Gasteiger partial charge in [0.15, 0.2) is 5.69 Å². The molecular formula is C11H12N2O. The summed E-state index contributed by atoms with van der Waals surface area (Å²) >= 11 is 0. The number of rotatable bonds is 1. The molecule has 3 nitrogen and oxygen atoms in total. The van der Waals surface area contributed by atoms with Crippen molar-refractivity contribution >= 4 is 11.4 Å². The first-order valence-electron chi connectivity index (χ1n) is 4.70. The second kappa shape index (κ2) is 4.12. The third kappa shape index (κ3) is 1.86. The van der Waals surface area contributed by atoms with Gasteiger partial charge in [0.2, 0.25) is 0 Å². The highest BCUT2D eigenvalue weighted by atomic mass is 16.5. The van der Waals surface area contributed by atoms with E-state index in [4.69, 9.17) is 11.3 Å². The van der Waals surface area contributed by atoms with E-state index < -0.39 is 0 Å². The molecule has 0 radical (unpaired) electrons. The molecule has 1 heterocycles. The molecular weight excluding hydrogens is 176 g/mol. The molecule has 1 aromatic rings. The zero-order chi connectivity index (χ0) is 9.80. The van der Waals surface area contributed by atoms with Gasteiger partial charge in [-0.1, -0.05) is 12.1 Å². The van der Waals surface area contributed by atoms with Gasteiger partial charge in [0.25, 0.3) is 0 Å². The summed E-state index contributed by atoms with van der Waals surface area (Å²) in [5.74, 6) is 0. The van der Waals surface area contributed by atoms with Gasteiger partial charge >= 0.3 is 0 Å². The summed E-state index contributed by atoms with van der Waals surface area (Å²) in [4.78, 5) is 5.67. The Morgan fingerprint density at radius 2 is 2.07 bits per heavy atom. The van der Waals surface area contributed by atoms with Crippen LogP contribution < -0.4 is 4.90 Å². The Hall–Kier alpha value is -1.53. The van der Waals surface area contributed by atoms with Crippen LogP contribution in [0.4, 0.5) is 11.4 Å². The highest BCUT2D eigenvalue weighted by Crippen LogP contribution is 2.21. The summed E-state index contributed by atoms with van der Waals surface area (Å²) in [6, 6.07) is 7.73. The third-order valence-corrected chi connectivity index (χ3v) is 2.34. The normalized spacial score (nSPS) is 16.4. The Bertz CT molecular complexity index is 351. The second-order valence-corrected chi connectivity index (χ2v) is 3.23. The van der Waals surface area contributed by atoms with Crippen LogP contribution in [-0.4, -0.2) is 26.3 Å². The van der Waals surface area contributed by atoms with E-state index in [0.717, 1.165) is 32.0 Å². The van der Waals surface area contributed by atoms with Gasteiger partial charge in [-0.15, -0.1) is 0 Å².